The Morgan fingerprint density at radius 2 is 1.80 bits per heavy atom. The molecule has 3 fully saturated rings. The Bertz CT molecular complexity index is 2510. The predicted octanol–water partition coefficient (Wildman–Crippen LogP) is 5.98. The van der Waals surface area contributed by atoms with E-state index in [1.54, 1.807) is 11.9 Å². The number of aryl methyl sites for hydroxylation is 1. The molecule has 4 aliphatic rings. The lowest BCUT2D eigenvalue weighted by Gasteiger charge is -2.37. The Balaban J connectivity index is 1.18. The van der Waals surface area contributed by atoms with Crippen molar-refractivity contribution in [2.24, 2.45) is 17.3 Å². The standard InChI is InChI=1S/C52H66N8O6/c1-8-44(61)58-25-21-36(30-58)49(63)57(7)46(32(3)4)48(62)55-42-27-33-14-10-15-34(26-33)35-19-20-43-38(28-35)39(29-52(5,6)31-66-51(65)41-18-13-24-60(56-41)50(42)64)47(59(43)9-2)37-16-11-23-54-45(37)40-17-12-22-53-40/h8,10-11,14-16,19-20,23,26,28,32,36,40-42,46,53,56H,1,9,12-13,17-18,21-22,24-25,27,29-31H2,2-7H3,(H,55,62)/t36?,40-,41-,42-,46-/m0/s1. The van der Waals surface area contributed by atoms with E-state index in [2.05, 4.69) is 84.4 Å². The third-order valence-corrected chi connectivity index (χ3v) is 14.0. The van der Waals surface area contributed by atoms with Crippen LogP contribution in [0.1, 0.15) is 89.6 Å². The number of benzene rings is 2. The third-order valence-electron chi connectivity index (χ3n) is 14.0. The maximum atomic E-state index is 14.7. The fourth-order valence-electron chi connectivity index (χ4n) is 10.6. The van der Waals surface area contributed by atoms with Crippen molar-refractivity contribution >= 4 is 40.5 Å². The van der Waals surface area contributed by atoms with E-state index >= 15 is 0 Å². The van der Waals surface area contributed by atoms with Crippen LogP contribution in [0.3, 0.4) is 0 Å². The first kappa shape index (κ1) is 46.7. The van der Waals surface area contributed by atoms with Crippen molar-refractivity contribution in [3.63, 3.8) is 0 Å². The van der Waals surface area contributed by atoms with E-state index in [4.69, 9.17) is 9.72 Å². The summed E-state index contributed by atoms with van der Waals surface area (Å²) >= 11 is 0. The molecular weight excluding hydrogens is 833 g/mol. The minimum Gasteiger partial charge on any atom is -0.464 e. The van der Waals surface area contributed by atoms with Crippen LogP contribution in [0.2, 0.25) is 0 Å². The number of carbonyl (C=O) groups excluding carboxylic acids is 5. The van der Waals surface area contributed by atoms with Crippen molar-refractivity contribution in [3.05, 3.63) is 90.3 Å². The van der Waals surface area contributed by atoms with Crippen LogP contribution in [0.25, 0.3) is 33.3 Å². The second-order valence-corrected chi connectivity index (χ2v) is 19.7. The van der Waals surface area contributed by atoms with E-state index < -0.39 is 41.3 Å². The maximum Gasteiger partial charge on any atom is 0.324 e. The summed E-state index contributed by atoms with van der Waals surface area (Å²) in [7, 11) is 1.62. The van der Waals surface area contributed by atoms with Gasteiger partial charge in [-0.25, -0.2) is 5.43 Å². The average molecular weight is 899 g/mol. The molecule has 66 heavy (non-hydrogen) atoms. The van der Waals surface area contributed by atoms with E-state index in [1.165, 1.54) is 21.5 Å². The van der Waals surface area contributed by atoms with Gasteiger partial charge in [-0.05, 0) is 111 Å². The van der Waals surface area contributed by atoms with Crippen molar-refractivity contribution < 1.29 is 28.7 Å². The summed E-state index contributed by atoms with van der Waals surface area (Å²) in [4.78, 5) is 77.5. The molecule has 14 heteroatoms. The molecule has 4 aromatic rings. The number of rotatable bonds is 9. The van der Waals surface area contributed by atoms with E-state index in [0.29, 0.717) is 38.8 Å². The number of fused-ring (bicyclic) bond motifs is 6. The molecule has 3 N–H and O–H groups in total. The number of hydrogen-bond acceptors (Lipinski definition) is 9. The van der Waals surface area contributed by atoms with Crippen LogP contribution < -0.4 is 16.1 Å². The van der Waals surface area contributed by atoms with E-state index in [-0.39, 0.29) is 49.3 Å². The molecule has 0 aliphatic carbocycles. The molecule has 8 rings (SSSR count). The summed E-state index contributed by atoms with van der Waals surface area (Å²) < 4.78 is 8.55. The maximum absolute atomic E-state index is 14.7. The highest BCUT2D eigenvalue weighted by Gasteiger charge is 2.40. The number of nitrogens with zero attached hydrogens (tertiary/aromatic N) is 5. The molecule has 0 spiro atoms. The van der Waals surface area contributed by atoms with Crippen LogP contribution in [0.5, 0.6) is 0 Å². The molecule has 350 valence electrons. The zero-order valence-corrected chi connectivity index (χ0v) is 39.4. The number of likely N-dealkylation sites (tertiary alicyclic amines) is 1. The smallest absolute Gasteiger partial charge is 0.324 e. The van der Waals surface area contributed by atoms with Gasteiger partial charge in [-0.2, -0.15) is 0 Å². The molecule has 4 aliphatic heterocycles. The van der Waals surface area contributed by atoms with Gasteiger partial charge in [-0.15, -0.1) is 0 Å². The molecule has 2 aromatic heterocycles. The van der Waals surface area contributed by atoms with Crippen LogP contribution in [0.4, 0.5) is 0 Å². The van der Waals surface area contributed by atoms with Crippen molar-refractivity contribution in [2.75, 3.05) is 39.8 Å². The molecule has 3 saturated heterocycles. The SMILES string of the molecule is C=CC(=O)N1CCC(C(=O)N(C)[C@H](C(=O)N[C@H]2Cc3cccc(c3)-c3ccc4c(c3)c(c(-c3cccnc3[C@@H]3CCCN3)n4CC)CC(C)(C)COC(=O)[C@@H]3CCCN(N3)C2=O)C(C)C)C1. The fraction of sp³-hybridized carbons (Fsp3) is 0.500. The van der Waals surface area contributed by atoms with Gasteiger partial charge >= 0.3 is 5.97 Å². The van der Waals surface area contributed by atoms with Crippen molar-refractivity contribution in [1.29, 1.82) is 0 Å². The summed E-state index contributed by atoms with van der Waals surface area (Å²) in [6, 6.07) is 16.4. The van der Waals surface area contributed by atoms with Crippen LogP contribution in [-0.4, -0.2) is 112 Å². The lowest BCUT2D eigenvalue weighted by molar-refractivity contribution is -0.155. The number of cyclic esters (lactones) is 1. The second-order valence-electron chi connectivity index (χ2n) is 19.7. The number of nitrogens with one attached hydrogen (secondary N) is 3. The number of aromatic nitrogens is 2. The highest BCUT2D eigenvalue weighted by Crippen LogP contribution is 2.42. The minimum absolute atomic E-state index is 0.157. The van der Waals surface area contributed by atoms with Gasteiger partial charge in [0.2, 0.25) is 17.7 Å². The van der Waals surface area contributed by atoms with Gasteiger partial charge < -0.3 is 29.7 Å². The zero-order chi connectivity index (χ0) is 46.9. The first-order valence-corrected chi connectivity index (χ1v) is 23.8. The quantitative estimate of drug-likeness (QED) is 0.136. The number of ether oxygens (including phenoxy) is 1. The Kier molecular flexibility index (Phi) is 13.8. The van der Waals surface area contributed by atoms with Gasteiger partial charge in [0.15, 0.2) is 0 Å². The largest absolute Gasteiger partial charge is 0.464 e. The van der Waals surface area contributed by atoms with Gasteiger partial charge in [-0.1, -0.05) is 64.6 Å². The van der Waals surface area contributed by atoms with Gasteiger partial charge in [0, 0.05) is 67.7 Å². The molecule has 2 aromatic carbocycles. The van der Waals surface area contributed by atoms with Crippen LogP contribution >= 0.6 is 0 Å². The van der Waals surface area contributed by atoms with Crippen LogP contribution in [0, 0.1) is 17.3 Å². The molecular formula is C52H66N8O6. The number of carbonyl (C=O) groups is 5. The van der Waals surface area contributed by atoms with Gasteiger partial charge in [0.05, 0.1) is 30.0 Å². The number of esters is 1. The highest BCUT2D eigenvalue weighted by molar-refractivity contribution is 5.96. The first-order chi connectivity index (χ1) is 31.7. The third kappa shape index (κ3) is 9.53. The second kappa shape index (κ2) is 19.5. The number of amides is 4. The Morgan fingerprint density at radius 1 is 1.02 bits per heavy atom. The van der Waals surface area contributed by atoms with Crippen molar-refractivity contribution in [1.82, 2.24) is 40.4 Å². The Labute approximate surface area is 388 Å². The number of hydrogen-bond donors (Lipinski definition) is 3. The van der Waals surface area contributed by atoms with Gasteiger partial charge in [0.1, 0.15) is 18.1 Å². The fourth-order valence-corrected chi connectivity index (χ4v) is 10.6. The highest BCUT2D eigenvalue weighted by atomic mass is 16.5. The monoisotopic (exact) mass is 899 g/mol. The van der Waals surface area contributed by atoms with Crippen molar-refractivity contribution in [3.8, 4) is 22.4 Å². The van der Waals surface area contributed by atoms with Crippen molar-refractivity contribution in [2.45, 2.75) is 110 Å². The molecule has 0 radical (unpaired) electrons. The zero-order valence-electron chi connectivity index (χ0n) is 39.4. The molecule has 6 heterocycles. The molecule has 1 unspecified atom stereocenters. The molecule has 5 atom stereocenters. The van der Waals surface area contributed by atoms with Crippen LogP contribution in [0.15, 0.2) is 73.4 Å². The summed E-state index contributed by atoms with van der Waals surface area (Å²) in [5.74, 6) is -2.50. The molecule has 14 nitrogen and oxygen atoms in total. The molecule has 0 saturated carbocycles. The number of likely N-dealkylation sites (N-methyl/N-ethyl adjacent to an activating group) is 1. The van der Waals surface area contributed by atoms with Crippen LogP contribution in [-0.2, 0) is 48.1 Å². The summed E-state index contributed by atoms with van der Waals surface area (Å²) in [5, 5.41) is 9.31. The summed E-state index contributed by atoms with van der Waals surface area (Å²) in [5.41, 5.74) is 11.1. The van der Waals surface area contributed by atoms with Gasteiger partial charge in [0.25, 0.3) is 5.91 Å². The Morgan fingerprint density at radius 3 is 2.55 bits per heavy atom. The molecule has 6 bridgehead atoms. The topological polar surface area (TPSA) is 158 Å². The van der Waals surface area contributed by atoms with Gasteiger partial charge in [-0.3, -0.25) is 34.0 Å². The lowest BCUT2D eigenvalue weighted by Crippen LogP contribution is -2.62. The van der Waals surface area contributed by atoms with E-state index in [1.807, 2.05) is 38.2 Å². The molecule has 4 amide bonds. The predicted molar refractivity (Wildman–Crippen MR) is 254 cm³/mol. The Hall–Kier alpha value is -5.86. The van der Waals surface area contributed by atoms with E-state index in [0.717, 1.165) is 70.5 Å². The minimum atomic E-state index is -1.04. The first-order valence-electron chi connectivity index (χ1n) is 23.8. The number of pyridine rings is 1. The summed E-state index contributed by atoms with van der Waals surface area (Å²) in [6.45, 7) is 16.6. The van der Waals surface area contributed by atoms with E-state index in [9.17, 15) is 24.0 Å². The summed E-state index contributed by atoms with van der Waals surface area (Å²) in [6.07, 6.45) is 7.56. The number of hydrazine groups is 1. The lowest BCUT2D eigenvalue weighted by atomic mass is 9.84. The normalized spacial score (nSPS) is 22.8. The average Bonchev–Trinajstić information content (AvgIpc) is 4.10.